The summed E-state index contributed by atoms with van der Waals surface area (Å²) >= 11 is 6.29. The molecule has 0 bridgehead atoms. The van der Waals surface area contributed by atoms with E-state index < -0.39 is 5.60 Å². The van der Waals surface area contributed by atoms with E-state index in [-0.39, 0.29) is 17.7 Å². The van der Waals surface area contributed by atoms with Crippen LogP contribution in [-0.4, -0.2) is 44.6 Å². The molecule has 2 aromatic heterocycles. The summed E-state index contributed by atoms with van der Waals surface area (Å²) in [4.78, 5) is 34.8. The molecular formula is C15H19ClN4O3. The lowest BCUT2D eigenvalue weighted by Crippen LogP contribution is -2.35. The average molecular weight is 339 g/mol. The fraction of sp³-hybridized carbons (Fsp3) is 0.533. The fourth-order valence-corrected chi connectivity index (χ4v) is 3.16. The highest BCUT2D eigenvalue weighted by atomic mass is 35.5. The second kappa shape index (κ2) is 5.56. The molecule has 0 aromatic carbocycles. The van der Waals surface area contributed by atoms with Crippen LogP contribution in [-0.2, 0) is 4.74 Å². The van der Waals surface area contributed by atoms with Gasteiger partial charge < -0.3 is 14.6 Å². The van der Waals surface area contributed by atoms with Crippen molar-refractivity contribution in [3.63, 3.8) is 0 Å². The number of halogens is 1. The molecule has 124 valence electrons. The van der Waals surface area contributed by atoms with Gasteiger partial charge in [-0.25, -0.2) is 14.6 Å². The highest BCUT2D eigenvalue weighted by Crippen LogP contribution is 2.35. The lowest BCUT2D eigenvalue weighted by molar-refractivity contribution is 0.0292. The molecule has 7 nitrogen and oxygen atoms in total. The molecule has 3 rings (SSSR count). The molecule has 1 aliphatic heterocycles. The Morgan fingerprint density at radius 1 is 1.43 bits per heavy atom. The number of amides is 1. The zero-order chi connectivity index (χ0) is 16.8. The predicted molar refractivity (Wildman–Crippen MR) is 86.9 cm³/mol. The third-order valence-electron chi connectivity index (χ3n) is 3.79. The normalized spacial score (nSPS) is 18.6. The quantitative estimate of drug-likeness (QED) is 0.836. The van der Waals surface area contributed by atoms with E-state index in [0.717, 1.165) is 12.0 Å². The lowest BCUT2D eigenvalue weighted by Gasteiger charge is -2.24. The van der Waals surface area contributed by atoms with Crippen LogP contribution in [0.5, 0.6) is 0 Å². The number of pyridine rings is 1. The number of nitrogens with one attached hydrogen (secondary N) is 2. The number of fused-ring (bicyclic) bond motifs is 1. The van der Waals surface area contributed by atoms with Crippen LogP contribution in [0.4, 0.5) is 4.79 Å². The summed E-state index contributed by atoms with van der Waals surface area (Å²) < 4.78 is 5.41. The maximum absolute atomic E-state index is 12.2. The van der Waals surface area contributed by atoms with E-state index in [0.29, 0.717) is 29.3 Å². The molecule has 0 unspecified atom stereocenters. The first-order valence-corrected chi connectivity index (χ1v) is 7.87. The summed E-state index contributed by atoms with van der Waals surface area (Å²) in [5.74, 6) is 0.0342. The van der Waals surface area contributed by atoms with Crippen LogP contribution in [0.2, 0.25) is 5.02 Å². The number of H-pyrrole nitrogens is 2. The SMILES string of the molecule is CC(C)(C)OC(=O)N1CC[C@@H](c2c(Cl)cnc3[nH]c(=O)[nH]c23)C1. The number of aromatic amines is 2. The van der Waals surface area contributed by atoms with E-state index >= 15 is 0 Å². The van der Waals surface area contributed by atoms with Gasteiger partial charge in [-0.2, -0.15) is 0 Å². The average Bonchev–Trinajstić information content (AvgIpc) is 3.02. The van der Waals surface area contributed by atoms with Gasteiger partial charge in [0.05, 0.1) is 10.5 Å². The van der Waals surface area contributed by atoms with Crippen molar-refractivity contribution in [3.8, 4) is 0 Å². The van der Waals surface area contributed by atoms with Crippen LogP contribution >= 0.6 is 11.6 Å². The standard InChI is InChI=1S/C15H19ClN4O3/c1-15(2,3)23-14(22)20-5-4-8(7-20)10-9(16)6-17-12-11(10)18-13(21)19-12/h6,8H,4-5,7H2,1-3H3,(H2,17,18,19,21)/t8-/m1/s1. The van der Waals surface area contributed by atoms with Gasteiger partial charge in [-0.3, -0.25) is 4.98 Å². The van der Waals surface area contributed by atoms with Crippen LogP contribution in [0.1, 0.15) is 38.7 Å². The Hall–Kier alpha value is -2.02. The topological polar surface area (TPSA) is 91.1 Å². The minimum atomic E-state index is -0.525. The van der Waals surface area contributed by atoms with Crippen molar-refractivity contribution < 1.29 is 9.53 Å². The maximum atomic E-state index is 12.2. The van der Waals surface area contributed by atoms with Gasteiger partial charge in [0.25, 0.3) is 0 Å². The third-order valence-corrected chi connectivity index (χ3v) is 4.09. The van der Waals surface area contributed by atoms with Gasteiger partial charge in [0, 0.05) is 30.8 Å². The van der Waals surface area contributed by atoms with Gasteiger partial charge in [-0.15, -0.1) is 0 Å². The Balaban J connectivity index is 1.86. The molecule has 2 N–H and O–H groups in total. The zero-order valence-electron chi connectivity index (χ0n) is 13.3. The van der Waals surface area contributed by atoms with E-state index in [2.05, 4.69) is 15.0 Å². The zero-order valence-corrected chi connectivity index (χ0v) is 14.0. The smallest absolute Gasteiger partial charge is 0.410 e. The Kier molecular flexibility index (Phi) is 3.83. The number of carbonyl (C=O) groups is 1. The van der Waals surface area contributed by atoms with Gasteiger partial charge in [0.1, 0.15) is 5.60 Å². The second-order valence-electron chi connectivity index (χ2n) is 6.73. The van der Waals surface area contributed by atoms with Crippen molar-refractivity contribution in [2.24, 2.45) is 0 Å². The first kappa shape index (κ1) is 15.9. The second-order valence-corrected chi connectivity index (χ2v) is 7.14. The monoisotopic (exact) mass is 338 g/mol. The van der Waals surface area contributed by atoms with E-state index in [1.54, 1.807) is 4.90 Å². The minimum absolute atomic E-state index is 0.0342. The molecule has 1 aliphatic rings. The minimum Gasteiger partial charge on any atom is -0.444 e. The van der Waals surface area contributed by atoms with Crippen LogP contribution in [0.25, 0.3) is 11.2 Å². The molecular weight excluding hydrogens is 320 g/mol. The number of nitrogens with zero attached hydrogens (tertiary/aromatic N) is 2. The molecule has 0 radical (unpaired) electrons. The number of hydrogen-bond donors (Lipinski definition) is 2. The highest BCUT2D eigenvalue weighted by molar-refractivity contribution is 6.32. The Morgan fingerprint density at radius 2 is 2.17 bits per heavy atom. The number of hydrogen-bond acceptors (Lipinski definition) is 4. The van der Waals surface area contributed by atoms with E-state index in [1.807, 2.05) is 20.8 Å². The van der Waals surface area contributed by atoms with Crippen LogP contribution in [0, 0.1) is 0 Å². The van der Waals surface area contributed by atoms with Crippen molar-refractivity contribution in [2.75, 3.05) is 13.1 Å². The van der Waals surface area contributed by atoms with Crippen molar-refractivity contribution >= 4 is 28.9 Å². The molecule has 1 atom stereocenters. The Labute approximate surface area is 138 Å². The molecule has 0 aliphatic carbocycles. The van der Waals surface area contributed by atoms with Gasteiger partial charge in [-0.1, -0.05) is 11.6 Å². The number of likely N-dealkylation sites (tertiary alicyclic amines) is 1. The first-order valence-electron chi connectivity index (χ1n) is 7.49. The van der Waals surface area contributed by atoms with Gasteiger partial charge >= 0.3 is 11.8 Å². The first-order chi connectivity index (χ1) is 10.7. The number of carbonyl (C=O) groups excluding carboxylic acids is 1. The summed E-state index contributed by atoms with van der Waals surface area (Å²) in [5.41, 5.74) is 1.06. The van der Waals surface area contributed by atoms with Crippen LogP contribution in [0.3, 0.4) is 0 Å². The summed E-state index contributed by atoms with van der Waals surface area (Å²) in [5, 5.41) is 0.490. The Morgan fingerprint density at radius 3 is 2.87 bits per heavy atom. The molecule has 1 fully saturated rings. The Bertz CT molecular complexity index is 805. The lowest BCUT2D eigenvalue weighted by atomic mass is 9.98. The summed E-state index contributed by atoms with van der Waals surface area (Å²) in [6.45, 7) is 6.61. The molecule has 1 amide bonds. The van der Waals surface area contributed by atoms with Crippen molar-refractivity contribution in [1.82, 2.24) is 19.9 Å². The van der Waals surface area contributed by atoms with E-state index in [4.69, 9.17) is 16.3 Å². The van der Waals surface area contributed by atoms with Crippen LogP contribution in [0.15, 0.2) is 11.0 Å². The maximum Gasteiger partial charge on any atom is 0.410 e. The van der Waals surface area contributed by atoms with Crippen molar-refractivity contribution in [1.29, 1.82) is 0 Å². The molecule has 23 heavy (non-hydrogen) atoms. The number of aromatic nitrogens is 3. The van der Waals surface area contributed by atoms with Gasteiger partial charge in [-0.05, 0) is 27.2 Å². The highest BCUT2D eigenvalue weighted by Gasteiger charge is 2.32. The van der Waals surface area contributed by atoms with Crippen LogP contribution < -0.4 is 5.69 Å². The van der Waals surface area contributed by atoms with Gasteiger partial charge in [0.15, 0.2) is 5.65 Å². The molecule has 0 saturated carbocycles. The number of imidazole rings is 1. The molecule has 0 spiro atoms. The van der Waals surface area contributed by atoms with Gasteiger partial charge in [0.2, 0.25) is 0 Å². The van der Waals surface area contributed by atoms with Crippen molar-refractivity contribution in [2.45, 2.75) is 38.7 Å². The summed E-state index contributed by atoms with van der Waals surface area (Å²) in [6, 6.07) is 0. The molecule has 1 saturated heterocycles. The molecule has 2 aromatic rings. The summed E-state index contributed by atoms with van der Waals surface area (Å²) in [7, 11) is 0. The molecule has 8 heteroatoms. The number of ether oxygens (including phenoxy) is 1. The fourth-order valence-electron chi connectivity index (χ4n) is 2.86. The predicted octanol–water partition coefficient (Wildman–Crippen LogP) is 2.63. The third kappa shape index (κ3) is 3.19. The van der Waals surface area contributed by atoms with E-state index in [9.17, 15) is 9.59 Å². The van der Waals surface area contributed by atoms with E-state index in [1.165, 1.54) is 6.20 Å². The van der Waals surface area contributed by atoms with Crippen molar-refractivity contribution in [3.05, 3.63) is 27.3 Å². The number of rotatable bonds is 1. The largest absolute Gasteiger partial charge is 0.444 e. The molecule has 3 heterocycles. The summed E-state index contributed by atoms with van der Waals surface area (Å²) in [6.07, 6.45) is 1.95.